The standard InChI is InChI=1S/C5H9N4O5P/c1-3(5(10)11)7-4-2-6-8-9(4)15(12,13)14/h2-3,7H,1H3,(H,10,11)(H2,12,13,14)/t3-/m0/s1. The Hall–Kier alpha value is -1.44. The lowest BCUT2D eigenvalue weighted by molar-refractivity contribution is -0.137. The molecule has 4 N–H and O–H groups in total. The first kappa shape index (κ1) is 11.6. The van der Waals surface area contributed by atoms with Crippen LogP contribution in [0.15, 0.2) is 6.20 Å². The van der Waals surface area contributed by atoms with E-state index in [1.165, 1.54) is 6.92 Å². The van der Waals surface area contributed by atoms with Gasteiger partial charge in [-0.15, -0.1) is 9.55 Å². The Morgan fingerprint density at radius 3 is 2.73 bits per heavy atom. The summed E-state index contributed by atoms with van der Waals surface area (Å²) in [6, 6.07) is -1.01. The van der Waals surface area contributed by atoms with Crippen LogP contribution in [-0.4, -0.2) is 41.7 Å². The molecule has 1 rings (SSSR count). The number of carbonyl (C=O) groups is 1. The number of carboxylic acid groups (broad SMARTS) is 1. The Kier molecular flexibility index (Phi) is 3.08. The molecule has 15 heavy (non-hydrogen) atoms. The third kappa shape index (κ3) is 2.75. The third-order valence-electron chi connectivity index (χ3n) is 1.51. The van der Waals surface area contributed by atoms with Crippen LogP contribution in [0.5, 0.6) is 0 Å². The summed E-state index contributed by atoms with van der Waals surface area (Å²) in [5.74, 6) is -1.31. The van der Waals surface area contributed by atoms with Crippen LogP contribution in [0.25, 0.3) is 0 Å². The number of hydrogen-bond acceptors (Lipinski definition) is 5. The Morgan fingerprint density at radius 2 is 2.27 bits per heavy atom. The van der Waals surface area contributed by atoms with Crippen molar-refractivity contribution in [3.8, 4) is 0 Å². The zero-order chi connectivity index (χ0) is 11.6. The smallest absolute Gasteiger partial charge is 0.453 e. The van der Waals surface area contributed by atoms with Crippen molar-refractivity contribution in [2.45, 2.75) is 13.0 Å². The van der Waals surface area contributed by atoms with Crippen LogP contribution >= 0.6 is 7.75 Å². The Balaban J connectivity index is 2.92. The summed E-state index contributed by atoms with van der Waals surface area (Å²) in [4.78, 5) is 28.1. The molecule has 0 aliphatic rings. The summed E-state index contributed by atoms with van der Waals surface area (Å²) < 4.78 is 11.2. The Morgan fingerprint density at radius 1 is 1.67 bits per heavy atom. The van der Waals surface area contributed by atoms with Gasteiger partial charge in [0.15, 0.2) is 5.82 Å². The summed E-state index contributed by atoms with van der Waals surface area (Å²) in [7, 11) is -4.61. The molecule has 1 atom stereocenters. The molecule has 0 aromatic carbocycles. The highest BCUT2D eigenvalue weighted by Crippen LogP contribution is 2.38. The molecule has 9 nitrogen and oxygen atoms in total. The fourth-order valence-corrected chi connectivity index (χ4v) is 1.34. The Bertz CT molecular complexity index is 411. The van der Waals surface area contributed by atoms with Crippen molar-refractivity contribution in [1.29, 1.82) is 0 Å². The highest BCUT2D eigenvalue weighted by atomic mass is 31.2. The van der Waals surface area contributed by atoms with Crippen LogP contribution in [0.2, 0.25) is 0 Å². The zero-order valence-electron chi connectivity index (χ0n) is 7.60. The molecular weight excluding hydrogens is 227 g/mol. The van der Waals surface area contributed by atoms with Gasteiger partial charge in [0.2, 0.25) is 0 Å². The molecule has 0 amide bonds. The van der Waals surface area contributed by atoms with E-state index in [1.807, 2.05) is 0 Å². The second kappa shape index (κ2) is 3.97. The minimum atomic E-state index is -4.61. The van der Waals surface area contributed by atoms with E-state index in [0.29, 0.717) is 4.45 Å². The molecule has 0 aliphatic carbocycles. The average molecular weight is 236 g/mol. The summed E-state index contributed by atoms with van der Waals surface area (Å²) in [5, 5.41) is 17.3. The van der Waals surface area contributed by atoms with E-state index in [4.69, 9.17) is 14.9 Å². The molecule has 0 saturated carbocycles. The molecule has 0 fully saturated rings. The molecule has 0 aliphatic heterocycles. The van der Waals surface area contributed by atoms with E-state index in [9.17, 15) is 9.36 Å². The second-order valence-corrected chi connectivity index (χ2v) is 4.13. The van der Waals surface area contributed by atoms with Crippen LogP contribution in [-0.2, 0) is 9.36 Å². The fourth-order valence-electron chi connectivity index (χ4n) is 0.800. The predicted octanol–water partition coefficient (Wildman–Crippen LogP) is -0.896. The lowest BCUT2D eigenvalue weighted by Gasteiger charge is -2.11. The van der Waals surface area contributed by atoms with Crippen LogP contribution in [0.1, 0.15) is 6.92 Å². The SMILES string of the molecule is C[C@H](Nc1cnnn1P(=O)(O)O)C(=O)O. The molecule has 0 saturated heterocycles. The maximum atomic E-state index is 10.8. The van der Waals surface area contributed by atoms with Gasteiger partial charge in [-0.05, 0) is 6.92 Å². The predicted molar refractivity (Wildman–Crippen MR) is 48.2 cm³/mol. The van der Waals surface area contributed by atoms with Crippen molar-refractivity contribution in [3.05, 3.63) is 6.20 Å². The number of nitrogens with one attached hydrogen (secondary N) is 1. The minimum Gasteiger partial charge on any atom is -0.480 e. The van der Waals surface area contributed by atoms with Crippen LogP contribution in [0.4, 0.5) is 5.82 Å². The van der Waals surface area contributed by atoms with E-state index < -0.39 is 19.8 Å². The largest absolute Gasteiger partial charge is 0.480 e. The van der Waals surface area contributed by atoms with E-state index in [2.05, 4.69) is 15.6 Å². The summed E-state index contributed by atoms with van der Waals surface area (Å²) in [5.41, 5.74) is 0. The van der Waals surface area contributed by atoms with Gasteiger partial charge in [0.1, 0.15) is 6.04 Å². The van der Waals surface area contributed by atoms with Crippen LogP contribution < -0.4 is 5.32 Å². The zero-order valence-corrected chi connectivity index (χ0v) is 8.50. The lowest BCUT2D eigenvalue weighted by atomic mass is 10.3. The summed E-state index contributed by atoms with van der Waals surface area (Å²) >= 11 is 0. The maximum absolute atomic E-state index is 10.8. The normalized spacial score (nSPS) is 13.5. The molecular formula is C5H9N4O5P. The molecule has 1 aromatic rings. The second-order valence-electron chi connectivity index (χ2n) is 2.73. The van der Waals surface area contributed by atoms with E-state index in [-0.39, 0.29) is 5.82 Å². The first-order valence-corrected chi connectivity index (χ1v) is 5.35. The van der Waals surface area contributed by atoms with E-state index >= 15 is 0 Å². The van der Waals surface area contributed by atoms with Gasteiger partial charge >= 0.3 is 13.7 Å². The number of rotatable bonds is 4. The fraction of sp³-hybridized carbons (Fsp3) is 0.400. The van der Waals surface area contributed by atoms with Gasteiger partial charge < -0.3 is 20.2 Å². The highest BCUT2D eigenvalue weighted by molar-refractivity contribution is 7.50. The van der Waals surface area contributed by atoms with Crippen molar-refractivity contribution in [2.75, 3.05) is 5.32 Å². The quantitative estimate of drug-likeness (QED) is 0.493. The summed E-state index contributed by atoms with van der Waals surface area (Å²) in [6.45, 7) is 1.32. The molecule has 10 heteroatoms. The van der Waals surface area contributed by atoms with Crippen molar-refractivity contribution in [3.63, 3.8) is 0 Å². The van der Waals surface area contributed by atoms with Crippen molar-refractivity contribution in [1.82, 2.24) is 14.8 Å². The molecule has 0 bridgehead atoms. The molecule has 0 radical (unpaired) electrons. The number of anilines is 1. The number of hydrogen-bond donors (Lipinski definition) is 4. The number of aliphatic carboxylic acids is 1. The third-order valence-corrected chi connectivity index (χ3v) is 2.30. The molecule has 0 unspecified atom stereocenters. The van der Waals surface area contributed by atoms with Gasteiger partial charge in [0, 0.05) is 0 Å². The van der Waals surface area contributed by atoms with Gasteiger partial charge in [0.05, 0.1) is 6.20 Å². The minimum absolute atomic E-state index is 0.154. The first-order valence-electron chi connectivity index (χ1n) is 3.79. The van der Waals surface area contributed by atoms with Gasteiger partial charge in [-0.2, -0.15) is 0 Å². The van der Waals surface area contributed by atoms with E-state index in [0.717, 1.165) is 6.20 Å². The number of carboxylic acids is 1. The van der Waals surface area contributed by atoms with Crippen molar-refractivity contribution >= 4 is 19.5 Å². The van der Waals surface area contributed by atoms with Gasteiger partial charge in [-0.3, -0.25) is 4.79 Å². The number of nitrogens with zero attached hydrogens (tertiary/aromatic N) is 3. The van der Waals surface area contributed by atoms with Gasteiger partial charge in [-0.25, -0.2) is 4.57 Å². The maximum Gasteiger partial charge on any atom is 0.453 e. The van der Waals surface area contributed by atoms with Crippen LogP contribution in [0.3, 0.4) is 0 Å². The van der Waals surface area contributed by atoms with Crippen molar-refractivity contribution < 1.29 is 24.3 Å². The van der Waals surface area contributed by atoms with Crippen LogP contribution in [0, 0.1) is 0 Å². The molecule has 0 spiro atoms. The van der Waals surface area contributed by atoms with Gasteiger partial charge in [0.25, 0.3) is 0 Å². The first-order chi connectivity index (χ1) is 6.82. The number of aromatic nitrogens is 3. The summed E-state index contributed by atoms with van der Waals surface area (Å²) in [6.07, 6.45) is 1.03. The topological polar surface area (TPSA) is 138 Å². The monoisotopic (exact) mass is 236 g/mol. The average Bonchev–Trinajstić information content (AvgIpc) is 2.50. The molecule has 1 heterocycles. The van der Waals surface area contributed by atoms with Crippen molar-refractivity contribution in [2.24, 2.45) is 0 Å². The van der Waals surface area contributed by atoms with E-state index in [1.54, 1.807) is 0 Å². The Labute approximate surface area is 83.9 Å². The lowest BCUT2D eigenvalue weighted by Crippen LogP contribution is -2.26. The molecule has 84 valence electrons. The molecule has 1 aromatic heterocycles. The highest BCUT2D eigenvalue weighted by Gasteiger charge is 2.23. The van der Waals surface area contributed by atoms with Gasteiger partial charge in [-0.1, -0.05) is 5.21 Å².